The van der Waals surface area contributed by atoms with Crippen molar-refractivity contribution in [3.8, 4) is 5.75 Å². The molecule has 0 amide bonds. The van der Waals surface area contributed by atoms with Crippen molar-refractivity contribution in [2.45, 2.75) is 0 Å². The van der Waals surface area contributed by atoms with Crippen LogP contribution in [-0.4, -0.2) is 19.7 Å². The molecule has 3 rings (SSSR count). The average Bonchev–Trinajstić information content (AvgIpc) is 2.87. The van der Waals surface area contributed by atoms with E-state index in [1.807, 2.05) is 0 Å². The summed E-state index contributed by atoms with van der Waals surface area (Å²) in [7, 11) is 1.38. The van der Waals surface area contributed by atoms with E-state index in [0.29, 0.717) is 11.0 Å². The Balaban J connectivity index is 2.27. The zero-order valence-electron chi connectivity index (χ0n) is 10.5. The van der Waals surface area contributed by atoms with Gasteiger partial charge in [-0.2, -0.15) is 0 Å². The molecular weight excluding hydrogens is 264 g/mol. The molecule has 0 fully saturated rings. The molecule has 102 valence electrons. The van der Waals surface area contributed by atoms with Crippen LogP contribution in [0.1, 0.15) is 0 Å². The molecule has 2 aromatic heterocycles. The molecule has 0 aliphatic carbocycles. The van der Waals surface area contributed by atoms with E-state index in [1.54, 1.807) is 18.2 Å². The van der Waals surface area contributed by atoms with Crippen molar-refractivity contribution in [3.63, 3.8) is 0 Å². The van der Waals surface area contributed by atoms with Gasteiger partial charge in [0.25, 0.3) is 0 Å². The Morgan fingerprint density at radius 1 is 1.20 bits per heavy atom. The third-order valence-corrected chi connectivity index (χ3v) is 2.76. The normalized spacial score (nSPS) is 11.1. The van der Waals surface area contributed by atoms with Crippen LogP contribution in [0.25, 0.3) is 21.9 Å². The van der Waals surface area contributed by atoms with Crippen LogP contribution < -0.4 is 10.4 Å². The van der Waals surface area contributed by atoms with E-state index in [1.165, 1.54) is 19.4 Å². The van der Waals surface area contributed by atoms with Gasteiger partial charge in [-0.1, -0.05) is 0 Å². The van der Waals surface area contributed by atoms with Crippen molar-refractivity contribution in [2.24, 2.45) is 0 Å². The van der Waals surface area contributed by atoms with Gasteiger partial charge in [0.2, 0.25) is 5.75 Å². The molecule has 0 aliphatic heterocycles. The number of furan rings is 1. The molecule has 0 N–H and O–H groups in total. The van der Waals surface area contributed by atoms with Gasteiger partial charge in [0.1, 0.15) is 6.61 Å². The first kappa shape index (κ1) is 12.4. The smallest absolute Gasteiger partial charge is 0.337 e. The van der Waals surface area contributed by atoms with E-state index >= 15 is 0 Å². The quantitative estimate of drug-likeness (QED) is 0.413. The Kier molecular flexibility index (Phi) is 3.00. The maximum atomic E-state index is 11.6. The molecule has 0 unspecified atom stereocenters. The van der Waals surface area contributed by atoms with E-state index in [0.717, 1.165) is 5.39 Å². The van der Waals surface area contributed by atoms with Crippen LogP contribution in [0.2, 0.25) is 0 Å². The number of benzene rings is 1. The lowest BCUT2D eigenvalue weighted by Gasteiger charge is -2.06. The first-order chi connectivity index (χ1) is 9.69. The van der Waals surface area contributed by atoms with Gasteiger partial charge in [-0.15, -0.1) is 0 Å². The van der Waals surface area contributed by atoms with Gasteiger partial charge in [0.05, 0.1) is 6.26 Å². The molecule has 0 atom stereocenters. The minimum Gasteiger partial charge on any atom is -0.460 e. The van der Waals surface area contributed by atoms with Gasteiger partial charge in [0, 0.05) is 23.9 Å². The Morgan fingerprint density at radius 3 is 2.80 bits per heavy atom. The molecule has 20 heavy (non-hydrogen) atoms. The molecule has 0 radical (unpaired) electrons. The summed E-state index contributed by atoms with van der Waals surface area (Å²) in [5.41, 5.74) is -0.0202. The Bertz CT molecular complexity index is 842. The molecule has 6 heteroatoms. The highest BCUT2D eigenvalue weighted by Gasteiger charge is 2.17. The lowest BCUT2D eigenvalue weighted by molar-refractivity contribution is -0.138. The summed E-state index contributed by atoms with van der Waals surface area (Å²) in [6.07, 6.45) is 1.47. The molecule has 0 bridgehead atoms. The second kappa shape index (κ2) is 4.82. The standard InChI is InChI=1S/C14H10O6/c1-17-7-11(16)20-14-12-9(4-5-18-12)6-8-2-3-10(15)19-13(8)14/h2-6H,7H2,1H3. The largest absolute Gasteiger partial charge is 0.460 e. The Hall–Kier alpha value is -2.60. The monoisotopic (exact) mass is 274 g/mol. The van der Waals surface area contributed by atoms with Crippen LogP contribution in [0.5, 0.6) is 5.75 Å². The Morgan fingerprint density at radius 2 is 2.00 bits per heavy atom. The molecule has 0 spiro atoms. The van der Waals surface area contributed by atoms with Crippen molar-refractivity contribution in [1.29, 1.82) is 0 Å². The third-order valence-electron chi connectivity index (χ3n) is 2.76. The van der Waals surface area contributed by atoms with Gasteiger partial charge in [-0.25, -0.2) is 9.59 Å². The molecule has 0 saturated carbocycles. The fourth-order valence-corrected chi connectivity index (χ4v) is 1.96. The van der Waals surface area contributed by atoms with Crippen molar-refractivity contribution in [2.75, 3.05) is 13.7 Å². The van der Waals surface area contributed by atoms with E-state index in [9.17, 15) is 9.59 Å². The Labute approximate surface area is 112 Å². The average molecular weight is 274 g/mol. The fourth-order valence-electron chi connectivity index (χ4n) is 1.96. The molecule has 3 aromatic rings. The van der Waals surface area contributed by atoms with Crippen LogP contribution in [0, 0.1) is 0 Å². The van der Waals surface area contributed by atoms with Gasteiger partial charge < -0.3 is 18.3 Å². The van der Waals surface area contributed by atoms with Gasteiger partial charge >= 0.3 is 11.6 Å². The zero-order valence-corrected chi connectivity index (χ0v) is 10.5. The number of esters is 1. The van der Waals surface area contributed by atoms with Crippen molar-refractivity contribution >= 4 is 27.9 Å². The van der Waals surface area contributed by atoms with E-state index in [2.05, 4.69) is 0 Å². The van der Waals surface area contributed by atoms with E-state index in [-0.39, 0.29) is 17.9 Å². The number of fused-ring (bicyclic) bond motifs is 2. The number of carbonyl (C=O) groups is 1. The summed E-state index contributed by atoms with van der Waals surface area (Å²) in [5.74, 6) is -0.522. The maximum absolute atomic E-state index is 11.6. The molecule has 0 saturated heterocycles. The van der Waals surface area contributed by atoms with Crippen molar-refractivity contribution in [3.05, 3.63) is 40.9 Å². The molecule has 2 heterocycles. The van der Waals surface area contributed by atoms with Crippen LogP contribution in [-0.2, 0) is 9.53 Å². The van der Waals surface area contributed by atoms with E-state index in [4.69, 9.17) is 18.3 Å². The van der Waals surface area contributed by atoms with Crippen LogP contribution in [0.4, 0.5) is 0 Å². The summed E-state index contributed by atoms with van der Waals surface area (Å²) >= 11 is 0. The maximum Gasteiger partial charge on any atom is 0.337 e. The van der Waals surface area contributed by atoms with Crippen LogP contribution in [0.3, 0.4) is 0 Å². The van der Waals surface area contributed by atoms with Crippen LogP contribution in [0.15, 0.2) is 44.2 Å². The molecule has 0 aliphatic rings. The highest BCUT2D eigenvalue weighted by atomic mass is 16.6. The predicted molar refractivity (Wildman–Crippen MR) is 69.8 cm³/mol. The lowest BCUT2D eigenvalue weighted by atomic mass is 10.1. The number of rotatable bonds is 3. The topological polar surface area (TPSA) is 78.9 Å². The van der Waals surface area contributed by atoms with Gasteiger partial charge in [0.15, 0.2) is 11.2 Å². The number of hydrogen-bond donors (Lipinski definition) is 0. The third kappa shape index (κ3) is 2.06. The minimum absolute atomic E-state index is 0.0854. The first-order valence-electron chi connectivity index (χ1n) is 5.83. The summed E-state index contributed by atoms with van der Waals surface area (Å²) in [4.78, 5) is 23.0. The highest BCUT2D eigenvalue weighted by Crippen LogP contribution is 2.34. The fraction of sp³-hybridized carbons (Fsp3) is 0.143. The van der Waals surface area contributed by atoms with E-state index < -0.39 is 11.6 Å². The SMILES string of the molecule is COCC(=O)Oc1c2occc2cc2ccc(=O)oc12. The molecular formula is C14H10O6. The number of methoxy groups -OCH3 is 1. The zero-order chi connectivity index (χ0) is 14.1. The summed E-state index contributed by atoms with van der Waals surface area (Å²) < 4.78 is 20.3. The minimum atomic E-state index is -0.607. The summed E-state index contributed by atoms with van der Waals surface area (Å²) in [5, 5.41) is 1.38. The van der Waals surface area contributed by atoms with Crippen molar-refractivity contribution in [1.82, 2.24) is 0 Å². The number of carbonyl (C=O) groups excluding carboxylic acids is 1. The highest BCUT2D eigenvalue weighted by molar-refractivity contribution is 6.01. The first-order valence-corrected chi connectivity index (χ1v) is 5.83. The molecule has 6 nitrogen and oxygen atoms in total. The summed E-state index contributed by atoms with van der Waals surface area (Å²) in [6, 6.07) is 6.41. The lowest BCUT2D eigenvalue weighted by Crippen LogP contribution is -2.14. The summed E-state index contributed by atoms with van der Waals surface area (Å²) in [6.45, 7) is -0.213. The number of ether oxygens (including phenoxy) is 2. The van der Waals surface area contributed by atoms with Crippen LogP contribution >= 0.6 is 0 Å². The number of hydrogen-bond acceptors (Lipinski definition) is 6. The van der Waals surface area contributed by atoms with Gasteiger partial charge in [-0.3, -0.25) is 0 Å². The second-order valence-electron chi connectivity index (χ2n) is 4.12. The van der Waals surface area contributed by atoms with Crippen molar-refractivity contribution < 1.29 is 23.1 Å². The second-order valence-corrected chi connectivity index (χ2v) is 4.12. The van der Waals surface area contributed by atoms with Gasteiger partial charge in [-0.05, 0) is 18.2 Å². The molecule has 1 aromatic carbocycles. The predicted octanol–water partition coefficient (Wildman–Crippen LogP) is 2.09.